The van der Waals surface area contributed by atoms with Gasteiger partial charge in [0.2, 0.25) is 10.0 Å². The van der Waals surface area contributed by atoms with Crippen LogP contribution >= 0.6 is 0 Å². The van der Waals surface area contributed by atoms with Gasteiger partial charge in [0.1, 0.15) is 0 Å². The van der Waals surface area contributed by atoms with E-state index in [0.717, 1.165) is 39.0 Å². The SMILES string of the molecule is O=S(=O)(CCC1CCCCN1)NCCN1CCCC1. The molecule has 1 atom stereocenters. The van der Waals surface area contributed by atoms with E-state index < -0.39 is 10.0 Å². The fourth-order valence-corrected chi connectivity index (χ4v) is 4.05. The van der Waals surface area contributed by atoms with E-state index in [1.165, 1.54) is 25.7 Å². The molecule has 0 bridgehead atoms. The molecule has 2 aliphatic rings. The Morgan fingerprint density at radius 2 is 1.95 bits per heavy atom. The van der Waals surface area contributed by atoms with Gasteiger partial charge in [-0.05, 0) is 51.7 Å². The predicted octanol–water partition coefficient (Wildman–Crippen LogP) is 0.534. The molecule has 0 aromatic heterocycles. The molecule has 0 aromatic carbocycles. The lowest BCUT2D eigenvalue weighted by Crippen LogP contribution is -2.38. The molecule has 2 N–H and O–H groups in total. The zero-order valence-electron chi connectivity index (χ0n) is 11.7. The van der Waals surface area contributed by atoms with Crippen molar-refractivity contribution < 1.29 is 8.42 Å². The summed E-state index contributed by atoms with van der Waals surface area (Å²) in [6.07, 6.45) is 6.79. The number of nitrogens with zero attached hydrogens (tertiary/aromatic N) is 1. The maximum Gasteiger partial charge on any atom is 0.211 e. The van der Waals surface area contributed by atoms with E-state index in [4.69, 9.17) is 0 Å². The van der Waals surface area contributed by atoms with Crippen molar-refractivity contribution in [2.45, 2.75) is 44.6 Å². The first kappa shape index (κ1) is 15.2. The van der Waals surface area contributed by atoms with Crippen molar-refractivity contribution in [3.8, 4) is 0 Å². The highest BCUT2D eigenvalue weighted by molar-refractivity contribution is 7.89. The van der Waals surface area contributed by atoms with Gasteiger partial charge in [0.15, 0.2) is 0 Å². The molecule has 2 rings (SSSR count). The highest BCUT2D eigenvalue weighted by Crippen LogP contribution is 2.10. The van der Waals surface area contributed by atoms with Gasteiger partial charge in [0.05, 0.1) is 5.75 Å². The van der Waals surface area contributed by atoms with Gasteiger partial charge < -0.3 is 10.2 Å². The Kier molecular flexibility index (Phi) is 6.06. The Morgan fingerprint density at radius 3 is 2.63 bits per heavy atom. The Hall–Kier alpha value is -0.170. The predicted molar refractivity (Wildman–Crippen MR) is 77.7 cm³/mol. The van der Waals surface area contributed by atoms with Crippen molar-refractivity contribution in [3.05, 3.63) is 0 Å². The maximum atomic E-state index is 11.9. The number of piperidine rings is 1. The molecule has 0 aliphatic carbocycles. The average Bonchev–Trinajstić information content (AvgIpc) is 2.91. The van der Waals surface area contributed by atoms with Crippen LogP contribution in [0.4, 0.5) is 0 Å². The number of hydrogen-bond donors (Lipinski definition) is 2. The molecule has 2 aliphatic heterocycles. The molecule has 2 heterocycles. The van der Waals surface area contributed by atoms with Crippen LogP contribution in [0.5, 0.6) is 0 Å². The summed E-state index contributed by atoms with van der Waals surface area (Å²) >= 11 is 0. The average molecular weight is 289 g/mol. The molecule has 0 saturated carbocycles. The van der Waals surface area contributed by atoms with Crippen molar-refractivity contribution >= 4 is 10.0 Å². The van der Waals surface area contributed by atoms with E-state index in [0.29, 0.717) is 12.6 Å². The number of likely N-dealkylation sites (tertiary alicyclic amines) is 1. The fourth-order valence-electron chi connectivity index (χ4n) is 2.91. The summed E-state index contributed by atoms with van der Waals surface area (Å²) in [5, 5.41) is 3.39. The highest BCUT2D eigenvalue weighted by atomic mass is 32.2. The van der Waals surface area contributed by atoms with Gasteiger partial charge in [-0.15, -0.1) is 0 Å². The van der Waals surface area contributed by atoms with Crippen molar-refractivity contribution in [3.63, 3.8) is 0 Å². The molecule has 5 nitrogen and oxygen atoms in total. The number of nitrogens with one attached hydrogen (secondary N) is 2. The molecule has 0 amide bonds. The van der Waals surface area contributed by atoms with Gasteiger partial charge >= 0.3 is 0 Å². The summed E-state index contributed by atoms with van der Waals surface area (Å²) in [7, 11) is -3.09. The molecule has 0 radical (unpaired) electrons. The number of hydrogen-bond acceptors (Lipinski definition) is 4. The van der Waals surface area contributed by atoms with E-state index >= 15 is 0 Å². The zero-order valence-corrected chi connectivity index (χ0v) is 12.6. The van der Waals surface area contributed by atoms with Gasteiger partial charge in [-0.1, -0.05) is 6.42 Å². The lowest BCUT2D eigenvalue weighted by atomic mass is 10.0. The van der Waals surface area contributed by atoms with Crippen molar-refractivity contribution in [2.75, 3.05) is 38.5 Å². The van der Waals surface area contributed by atoms with Crippen LogP contribution in [0, 0.1) is 0 Å². The van der Waals surface area contributed by atoms with Gasteiger partial charge in [-0.25, -0.2) is 13.1 Å². The number of rotatable bonds is 7. The topological polar surface area (TPSA) is 61.4 Å². The van der Waals surface area contributed by atoms with Crippen molar-refractivity contribution in [1.82, 2.24) is 14.9 Å². The highest BCUT2D eigenvalue weighted by Gasteiger charge is 2.18. The van der Waals surface area contributed by atoms with Gasteiger partial charge in [-0.2, -0.15) is 0 Å². The van der Waals surface area contributed by atoms with Crippen LogP contribution < -0.4 is 10.0 Å². The standard InChI is InChI=1S/C13H27N3O2S/c17-19(18,12-6-13-5-1-2-7-14-13)15-8-11-16-9-3-4-10-16/h13-15H,1-12H2. The molecule has 0 spiro atoms. The quantitative estimate of drug-likeness (QED) is 0.718. The second-order valence-electron chi connectivity index (χ2n) is 5.70. The summed E-state index contributed by atoms with van der Waals surface area (Å²) in [5.41, 5.74) is 0. The van der Waals surface area contributed by atoms with E-state index in [1.807, 2.05) is 0 Å². The lowest BCUT2D eigenvalue weighted by Gasteiger charge is -2.23. The normalized spacial score (nSPS) is 25.8. The van der Waals surface area contributed by atoms with Gasteiger partial charge in [0.25, 0.3) is 0 Å². The molecule has 6 heteroatoms. The first-order chi connectivity index (χ1) is 9.16. The number of sulfonamides is 1. The third-order valence-electron chi connectivity index (χ3n) is 4.10. The second-order valence-corrected chi connectivity index (χ2v) is 7.62. The third-order valence-corrected chi connectivity index (χ3v) is 5.51. The van der Waals surface area contributed by atoms with E-state index in [1.54, 1.807) is 0 Å². The Morgan fingerprint density at radius 1 is 1.16 bits per heavy atom. The summed E-state index contributed by atoms with van der Waals surface area (Å²) in [5.74, 6) is 0.255. The smallest absolute Gasteiger partial charge is 0.211 e. The molecule has 2 fully saturated rings. The molecule has 112 valence electrons. The van der Waals surface area contributed by atoms with Crippen molar-refractivity contribution in [1.29, 1.82) is 0 Å². The first-order valence-corrected chi connectivity index (χ1v) is 9.24. The lowest BCUT2D eigenvalue weighted by molar-refractivity contribution is 0.344. The minimum Gasteiger partial charge on any atom is -0.314 e. The van der Waals surface area contributed by atoms with E-state index in [9.17, 15) is 8.42 Å². The zero-order chi connectivity index (χ0) is 13.6. The Balaban J connectivity index is 1.60. The monoisotopic (exact) mass is 289 g/mol. The summed E-state index contributed by atoms with van der Waals surface area (Å²) in [4.78, 5) is 2.32. The Bertz CT molecular complexity index is 347. The van der Waals surface area contributed by atoms with Gasteiger partial charge in [-0.3, -0.25) is 0 Å². The Labute approximate surface area is 117 Å². The summed E-state index contributed by atoms with van der Waals surface area (Å²) in [6, 6.07) is 0.393. The van der Waals surface area contributed by atoms with Crippen LogP contribution in [0.3, 0.4) is 0 Å². The largest absolute Gasteiger partial charge is 0.314 e. The maximum absolute atomic E-state index is 11.9. The third kappa shape index (κ3) is 5.77. The van der Waals surface area contributed by atoms with Crippen LogP contribution in [0.1, 0.15) is 38.5 Å². The van der Waals surface area contributed by atoms with Crippen LogP contribution in [0.2, 0.25) is 0 Å². The molecule has 0 aromatic rings. The van der Waals surface area contributed by atoms with E-state index in [-0.39, 0.29) is 5.75 Å². The molecule has 1 unspecified atom stereocenters. The van der Waals surface area contributed by atoms with Crippen molar-refractivity contribution in [2.24, 2.45) is 0 Å². The van der Waals surface area contributed by atoms with Gasteiger partial charge in [0, 0.05) is 19.1 Å². The fraction of sp³-hybridized carbons (Fsp3) is 1.00. The van der Waals surface area contributed by atoms with Crippen LogP contribution in [-0.2, 0) is 10.0 Å². The summed E-state index contributed by atoms with van der Waals surface area (Å²) in [6.45, 7) is 4.68. The van der Waals surface area contributed by atoms with E-state index in [2.05, 4.69) is 14.9 Å². The first-order valence-electron chi connectivity index (χ1n) is 7.59. The second kappa shape index (κ2) is 7.57. The van der Waals surface area contributed by atoms with Crippen LogP contribution in [0.15, 0.2) is 0 Å². The summed E-state index contributed by atoms with van der Waals surface area (Å²) < 4.78 is 26.5. The van der Waals surface area contributed by atoms with Crippen LogP contribution in [-0.4, -0.2) is 57.8 Å². The molecular formula is C13H27N3O2S. The minimum atomic E-state index is -3.09. The molecular weight excluding hydrogens is 262 g/mol. The molecule has 19 heavy (non-hydrogen) atoms. The van der Waals surface area contributed by atoms with Crippen LogP contribution in [0.25, 0.3) is 0 Å². The minimum absolute atomic E-state index is 0.255. The molecule has 2 saturated heterocycles.